The fourth-order valence-corrected chi connectivity index (χ4v) is 2.80. The normalized spacial score (nSPS) is 13.2. The average Bonchev–Trinajstić information content (AvgIpc) is 2.99. The molecule has 0 unspecified atom stereocenters. The third-order valence-corrected chi connectivity index (χ3v) is 4.02. The van der Waals surface area contributed by atoms with Crippen molar-refractivity contribution in [1.82, 2.24) is 20.2 Å². The quantitative estimate of drug-likeness (QED) is 0.648. The van der Waals surface area contributed by atoms with Crippen LogP contribution in [0, 0.1) is 0 Å². The van der Waals surface area contributed by atoms with Crippen molar-refractivity contribution in [2.45, 2.75) is 18.6 Å². The lowest BCUT2D eigenvalue weighted by molar-refractivity contribution is -0.118. The fourth-order valence-electron chi connectivity index (χ4n) is 1.97. The van der Waals surface area contributed by atoms with Crippen molar-refractivity contribution in [1.29, 1.82) is 0 Å². The minimum atomic E-state index is -0.228. The van der Waals surface area contributed by atoms with Crippen molar-refractivity contribution in [2.75, 3.05) is 17.7 Å². The van der Waals surface area contributed by atoms with Gasteiger partial charge in [0.1, 0.15) is 5.75 Å². The molecule has 0 fully saturated rings. The monoisotopic (exact) mass is 319 g/mol. The van der Waals surface area contributed by atoms with Crippen molar-refractivity contribution < 1.29 is 14.3 Å². The van der Waals surface area contributed by atoms with E-state index in [0.717, 1.165) is 0 Å². The zero-order chi connectivity index (χ0) is 15.5. The van der Waals surface area contributed by atoms with E-state index in [1.807, 2.05) is 6.92 Å². The number of nitrogens with one attached hydrogen (secondary N) is 1. The number of nitrogens with zero attached hydrogens (tertiary/aromatic N) is 4. The molecule has 0 saturated heterocycles. The Kier molecular flexibility index (Phi) is 4.05. The van der Waals surface area contributed by atoms with Gasteiger partial charge in [-0.3, -0.25) is 9.59 Å². The van der Waals surface area contributed by atoms with Gasteiger partial charge in [-0.25, -0.2) is 4.68 Å². The highest BCUT2D eigenvalue weighted by molar-refractivity contribution is 7.99. The number of carbonyl (C=O) groups excluding carboxylic acids is 2. The van der Waals surface area contributed by atoms with Gasteiger partial charge in [0.15, 0.2) is 12.4 Å². The van der Waals surface area contributed by atoms with Gasteiger partial charge in [0.25, 0.3) is 5.91 Å². The molecule has 8 nitrogen and oxygen atoms in total. The highest BCUT2D eigenvalue weighted by atomic mass is 32.2. The minimum Gasteiger partial charge on any atom is -0.482 e. The third kappa shape index (κ3) is 2.93. The minimum absolute atomic E-state index is 0.00415. The Morgan fingerprint density at radius 3 is 3.18 bits per heavy atom. The Labute approximate surface area is 130 Å². The van der Waals surface area contributed by atoms with Gasteiger partial charge in [-0.05, 0) is 35.5 Å². The zero-order valence-electron chi connectivity index (χ0n) is 11.8. The molecule has 0 saturated carbocycles. The maximum atomic E-state index is 12.3. The van der Waals surface area contributed by atoms with Crippen LogP contribution in [0.3, 0.4) is 0 Å². The van der Waals surface area contributed by atoms with Gasteiger partial charge < -0.3 is 10.1 Å². The number of thioether (sulfide) groups is 1. The molecule has 2 heterocycles. The molecule has 1 aliphatic heterocycles. The predicted molar refractivity (Wildman–Crippen MR) is 79.1 cm³/mol. The summed E-state index contributed by atoms with van der Waals surface area (Å²) in [5.41, 5.74) is 1.03. The van der Waals surface area contributed by atoms with Crippen molar-refractivity contribution >= 4 is 29.1 Å². The number of aromatic nitrogens is 4. The van der Waals surface area contributed by atoms with Crippen molar-refractivity contribution in [3.63, 3.8) is 0 Å². The molecular formula is C13H13N5O3S. The summed E-state index contributed by atoms with van der Waals surface area (Å²) in [6.07, 6.45) is 0. The summed E-state index contributed by atoms with van der Waals surface area (Å²) in [5.74, 6) is 0.485. The van der Waals surface area contributed by atoms with Crippen LogP contribution in [0.5, 0.6) is 5.75 Å². The fraction of sp³-hybridized carbons (Fsp3) is 0.308. The van der Waals surface area contributed by atoms with Gasteiger partial charge in [0.2, 0.25) is 5.16 Å². The molecule has 1 amide bonds. The highest BCUT2D eigenvalue weighted by Gasteiger charge is 2.18. The lowest BCUT2D eigenvalue weighted by Gasteiger charge is -2.18. The van der Waals surface area contributed by atoms with E-state index >= 15 is 0 Å². The van der Waals surface area contributed by atoms with E-state index in [1.54, 1.807) is 22.9 Å². The van der Waals surface area contributed by atoms with Gasteiger partial charge in [0, 0.05) is 12.1 Å². The number of ketones is 1. The molecule has 0 bridgehead atoms. The lowest BCUT2D eigenvalue weighted by Crippen LogP contribution is -2.25. The number of tetrazole rings is 1. The number of hydrogen-bond acceptors (Lipinski definition) is 7. The maximum absolute atomic E-state index is 12.3. The molecule has 0 spiro atoms. The summed E-state index contributed by atoms with van der Waals surface area (Å²) in [6, 6.07) is 4.99. The van der Waals surface area contributed by atoms with E-state index in [2.05, 4.69) is 20.8 Å². The Balaban J connectivity index is 1.70. The van der Waals surface area contributed by atoms with Crippen LogP contribution in [0.1, 0.15) is 17.3 Å². The smallest absolute Gasteiger partial charge is 0.262 e. The first-order valence-electron chi connectivity index (χ1n) is 6.66. The van der Waals surface area contributed by atoms with E-state index < -0.39 is 0 Å². The van der Waals surface area contributed by atoms with E-state index in [4.69, 9.17) is 4.74 Å². The molecule has 0 aliphatic carbocycles. The third-order valence-electron chi connectivity index (χ3n) is 3.07. The molecule has 1 aliphatic rings. The Bertz CT molecular complexity index is 730. The van der Waals surface area contributed by atoms with Crippen molar-refractivity contribution in [2.24, 2.45) is 0 Å². The molecule has 114 valence electrons. The molecular weight excluding hydrogens is 306 g/mol. The van der Waals surface area contributed by atoms with Crippen LogP contribution in [0.4, 0.5) is 5.69 Å². The molecule has 2 aromatic rings. The number of hydrogen-bond donors (Lipinski definition) is 1. The largest absolute Gasteiger partial charge is 0.482 e. The second-order valence-corrected chi connectivity index (χ2v) is 5.48. The van der Waals surface area contributed by atoms with Crippen LogP contribution in [-0.4, -0.2) is 44.3 Å². The molecule has 9 heteroatoms. The molecule has 0 radical (unpaired) electrons. The standard InChI is InChI=1S/C13H13N5O3S/c1-2-18-13(15-16-17-18)22-7-10(19)8-3-4-11-9(5-8)14-12(20)6-21-11/h3-5H,2,6-7H2,1H3,(H,14,20). The number of ether oxygens (including phenoxy) is 1. The van der Waals surface area contributed by atoms with Crippen LogP contribution < -0.4 is 10.1 Å². The summed E-state index contributed by atoms with van der Waals surface area (Å²) < 4.78 is 6.89. The predicted octanol–water partition coefficient (Wildman–Crippen LogP) is 0.999. The Morgan fingerprint density at radius 1 is 1.50 bits per heavy atom. The summed E-state index contributed by atoms with van der Waals surface area (Å²) in [4.78, 5) is 23.6. The van der Waals surface area contributed by atoms with Gasteiger partial charge in [0.05, 0.1) is 11.4 Å². The Morgan fingerprint density at radius 2 is 2.36 bits per heavy atom. The van der Waals surface area contributed by atoms with Crippen LogP contribution in [0.15, 0.2) is 23.4 Å². The summed E-state index contributed by atoms with van der Waals surface area (Å²) in [5, 5.41) is 14.5. The molecule has 1 aromatic heterocycles. The van der Waals surface area contributed by atoms with Gasteiger partial charge in [-0.2, -0.15) is 0 Å². The van der Waals surface area contributed by atoms with Crippen LogP contribution >= 0.6 is 11.8 Å². The summed E-state index contributed by atoms with van der Waals surface area (Å²) in [6.45, 7) is 2.57. The number of anilines is 1. The van der Waals surface area contributed by atoms with Crippen LogP contribution in [0.2, 0.25) is 0 Å². The number of rotatable bonds is 5. The van der Waals surface area contributed by atoms with Crippen molar-refractivity contribution in [3.8, 4) is 5.75 Å². The number of amides is 1. The first kappa shape index (κ1) is 14.5. The highest BCUT2D eigenvalue weighted by Crippen LogP contribution is 2.29. The lowest BCUT2D eigenvalue weighted by atomic mass is 10.1. The number of benzene rings is 1. The SMILES string of the molecule is CCn1nnnc1SCC(=O)c1ccc2c(c1)NC(=O)CO2. The van der Waals surface area contributed by atoms with Crippen molar-refractivity contribution in [3.05, 3.63) is 23.8 Å². The van der Waals surface area contributed by atoms with E-state index in [9.17, 15) is 9.59 Å². The zero-order valence-corrected chi connectivity index (χ0v) is 12.6. The van der Waals surface area contributed by atoms with E-state index in [-0.39, 0.29) is 24.1 Å². The molecule has 1 aromatic carbocycles. The van der Waals surface area contributed by atoms with Gasteiger partial charge in [-0.15, -0.1) is 5.10 Å². The number of carbonyl (C=O) groups is 2. The second kappa shape index (κ2) is 6.14. The molecule has 0 atom stereocenters. The van der Waals surface area contributed by atoms with Crippen LogP contribution in [0.25, 0.3) is 0 Å². The number of fused-ring (bicyclic) bond motifs is 1. The maximum Gasteiger partial charge on any atom is 0.262 e. The van der Waals surface area contributed by atoms with Gasteiger partial charge >= 0.3 is 0 Å². The summed E-state index contributed by atoms with van der Waals surface area (Å²) >= 11 is 1.28. The van der Waals surface area contributed by atoms with E-state index in [1.165, 1.54) is 11.8 Å². The average molecular weight is 319 g/mol. The van der Waals surface area contributed by atoms with Crippen LogP contribution in [-0.2, 0) is 11.3 Å². The molecule has 1 N–H and O–H groups in total. The van der Waals surface area contributed by atoms with E-state index in [0.29, 0.717) is 28.7 Å². The summed E-state index contributed by atoms with van der Waals surface area (Å²) in [7, 11) is 0. The first-order valence-corrected chi connectivity index (χ1v) is 7.65. The number of Topliss-reactive ketones (excluding diaryl/α,β-unsaturated/α-hetero) is 1. The first-order chi connectivity index (χ1) is 10.7. The molecule has 22 heavy (non-hydrogen) atoms. The number of aryl methyl sites for hydroxylation is 1. The van der Waals surface area contributed by atoms with Gasteiger partial charge in [-0.1, -0.05) is 11.8 Å². The Hall–Kier alpha value is -2.42. The molecule has 3 rings (SSSR count). The topological polar surface area (TPSA) is 99.0 Å². The second-order valence-electron chi connectivity index (χ2n) is 4.54.